The van der Waals surface area contributed by atoms with Crippen molar-refractivity contribution in [3.63, 3.8) is 0 Å². The maximum absolute atomic E-state index is 5.55. The Labute approximate surface area is 135 Å². The van der Waals surface area contributed by atoms with Gasteiger partial charge in [0.1, 0.15) is 19.0 Å². The second-order valence-corrected chi connectivity index (χ2v) is 5.46. The topological polar surface area (TPSA) is 72.7 Å². The van der Waals surface area contributed by atoms with Gasteiger partial charge in [-0.25, -0.2) is 0 Å². The minimum absolute atomic E-state index is 0.155. The number of piperazine rings is 1. The van der Waals surface area contributed by atoms with Gasteiger partial charge in [0.05, 0.1) is 12.6 Å². The summed E-state index contributed by atoms with van der Waals surface area (Å²) in [6.45, 7) is 4.05. The maximum atomic E-state index is 5.55. The van der Waals surface area contributed by atoms with Crippen LogP contribution in [0.4, 0.5) is 0 Å². The lowest BCUT2D eigenvalue weighted by atomic mass is 10.2. The molecule has 1 aliphatic heterocycles. The Hall–Kier alpha value is -1.96. The fourth-order valence-corrected chi connectivity index (χ4v) is 2.45. The smallest absolute Gasteiger partial charge is 0.252 e. The molecule has 7 nitrogen and oxygen atoms in total. The lowest BCUT2D eigenvalue weighted by Gasteiger charge is -2.30. The minimum Gasteiger partial charge on any atom is -0.491 e. The molecule has 2 heterocycles. The third-order valence-electron chi connectivity index (χ3n) is 3.76. The van der Waals surface area contributed by atoms with Crippen LogP contribution in [0.1, 0.15) is 17.8 Å². The molecule has 1 atom stereocenters. The first kappa shape index (κ1) is 15.9. The van der Waals surface area contributed by atoms with Gasteiger partial charge in [-0.05, 0) is 19.2 Å². The predicted octanol–water partition coefficient (Wildman–Crippen LogP) is 1.24. The highest BCUT2D eigenvalue weighted by Crippen LogP contribution is 2.17. The molecule has 7 heteroatoms. The van der Waals surface area contributed by atoms with Crippen LogP contribution in [-0.4, -0.2) is 54.9 Å². The first-order valence-corrected chi connectivity index (χ1v) is 7.82. The highest BCUT2D eigenvalue weighted by Gasteiger charge is 2.25. The van der Waals surface area contributed by atoms with Crippen LogP contribution in [0.3, 0.4) is 0 Å². The van der Waals surface area contributed by atoms with Crippen LogP contribution < -0.4 is 10.1 Å². The number of benzene rings is 1. The van der Waals surface area contributed by atoms with E-state index < -0.39 is 0 Å². The Morgan fingerprint density at radius 2 is 2.17 bits per heavy atom. The van der Waals surface area contributed by atoms with Gasteiger partial charge in [-0.15, -0.1) is 0 Å². The normalized spacial score (nSPS) is 18.9. The number of nitrogens with one attached hydrogen (secondary N) is 1. The summed E-state index contributed by atoms with van der Waals surface area (Å²) in [6, 6.07) is 9.82. The van der Waals surface area contributed by atoms with Crippen molar-refractivity contribution < 1.29 is 14.0 Å². The molecule has 1 N–H and O–H groups in total. The zero-order valence-electron chi connectivity index (χ0n) is 13.3. The van der Waals surface area contributed by atoms with Gasteiger partial charge in [-0.1, -0.05) is 23.4 Å². The summed E-state index contributed by atoms with van der Waals surface area (Å²) in [4.78, 5) is 6.64. The van der Waals surface area contributed by atoms with Crippen LogP contribution in [0.15, 0.2) is 34.9 Å². The second kappa shape index (κ2) is 8.05. The van der Waals surface area contributed by atoms with Crippen molar-refractivity contribution in [3.8, 4) is 5.75 Å². The van der Waals surface area contributed by atoms with Crippen LogP contribution in [0.25, 0.3) is 0 Å². The Balaban J connectivity index is 1.39. The van der Waals surface area contributed by atoms with Crippen LogP contribution in [-0.2, 0) is 11.3 Å². The van der Waals surface area contributed by atoms with E-state index in [0.717, 1.165) is 25.4 Å². The molecule has 124 valence electrons. The zero-order valence-corrected chi connectivity index (χ0v) is 13.3. The summed E-state index contributed by atoms with van der Waals surface area (Å²) in [5, 5.41) is 7.40. The molecule has 1 fully saturated rings. The number of hydrogen-bond acceptors (Lipinski definition) is 7. The van der Waals surface area contributed by atoms with E-state index in [-0.39, 0.29) is 6.04 Å². The third-order valence-corrected chi connectivity index (χ3v) is 3.76. The highest BCUT2D eigenvalue weighted by atomic mass is 16.5. The van der Waals surface area contributed by atoms with E-state index >= 15 is 0 Å². The van der Waals surface area contributed by atoms with Crippen molar-refractivity contribution in [1.82, 2.24) is 20.4 Å². The Kier molecular flexibility index (Phi) is 5.57. The van der Waals surface area contributed by atoms with E-state index in [9.17, 15) is 0 Å². The monoisotopic (exact) mass is 318 g/mol. The average molecular weight is 318 g/mol. The highest BCUT2D eigenvalue weighted by molar-refractivity contribution is 5.20. The van der Waals surface area contributed by atoms with Gasteiger partial charge in [0.15, 0.2) is 5.82 Å². The first-order chi connectivity index (χ1) is 11.3. The van der Waals surface area contributed by atoms with Crippen molar-refractivity contribution in [2.24, 2.45) is 0 Å². The van der Waals surface area contributed by atoms with Crippen molar-refractivity contribution >= 4 is 0 Å². The Bertz CT molecular complexity index is 590. The van der Waals surface area contributed by atoms with E-state index in [1.807, 2.05) is 30.3 Å². The molecule has 0 amide bonds. The lowest BCUT2D eigenvalue weighted by Crippen LogP contribution is -2.44. The second-order valence-electron chi connectivity index (χ2n) is 5.46. The standard InChI is InChI=1S/C16H22N4O3/c1-20-8-7-17-11-14(20)16-18-15(23-19-16)12-21-9-10-22-13-5-3-2-4-6-13/h2-6,14,17H,7-12H2,1H3. The Morgan fingerprint density at radius 1 is 1.30 bits per heavy atom. The molecule has 3 rings (SSSR count). The summed E-state index contributed by atoms with van der Waals surface area (Å²) in [7, 11) is 2.07. The van der Waals surface area contributed by atoms with Gasteiger partial charge in [-0.2, -0.15) is 4.98 Å². The van der Waals surface area contributed by atoms with Crippen LogP contribution in [0.2, 0.25) is 0 Å². The number of hydrogen-bond donors (Lipinski definition) is 1. The van der Waals surface area contributed by atoms with Gasteiger partial charge in [0, 0.05) is 19.6 Å². The van der Waals surface area contributed by atoms with Crippen molar-refractivity contribution in [2.45, 2.75) is 12.6 Å². The first-order valence-electron chi connectivity index (χ1n) is 7.82. The van der Waals surface area contributed by atoms with E-state index in [0.29, 0.717) is 31.5 Å². The predicted molar refractivity (Wildman–Crippen MR) is 84.1 cm³/mol. The van der Waals surface area contributed by atoms with Crippen LogP contribution >= 0.6 is 0 Å². The van der Waals surface area contributed by atoms with E-state index in [2.05, 4.69) is 27.4 Å². The van der Waals surface area contributed by atoms with Gasteiger partial charge in [0.25, 0.3) is 5.89 Å². The maximum Gasteiger partial charge on any atom is 0.252 e. The molecular weight excluding hydrogens is 296 g/mol. The molecule has 1 saturated heterocycles. The molecule has 0 aliphatic carbocycles. The van der Waals surface area contributed by atoms with Gasteiger partial charge in [0.2, 0.25) is 0 Å². The van der Waals surface area contributed by atoms with Crippen molar-refractivity contribution in [3.05, 3.63) is 42.0 Å². The number of likely N-dealkylation sites (N-methyl/N-ethyl adjacent to an activating group) is 1. The van der Waals surface area contributed by atoms with E-state index in [4.69, 9.17) is 14.0 Å². The zero-order chi connectivity index (χ0) is 15.9. The summed E-state index contributed by atoms with van der Waals surface area (Å²) in [5.41, 5.74) is 0. The molecule has 23 heavy (non-hydrogen) atoms. The van der Waals surface area contributed by atoms with Crippen molar-refractivity contribution in [2.75, 3.05) is 39.9 Å². The molecule has 0 saturated carbocycles. The summed E-state index contributed by atoms with van der Waals surface area (Å²) in [5.74, 6) is 2.04. The summed E-state index contributed by atoms with van der Waals surface area (Å²) in [6.07, 6.45) is 0. The molecule has 0 spiro atoms. The molecular formula is C16H22N4O3. The molecule has 0 bridgehead atoms. The van der Waals surface area contributed by atoms with Gasteiger partial charge in [-0.3, -0.25) is 4.90 Å². The molecule has 0 radical (unpaired) electrons. The summed E-state index contributed by atoms with van der Waals surface area (Å²) < 4.78 is 16.3. The molecule has 1 aliphatic rings. The number of para-hydroxylation sites is 1. The van der Waals surface area contributed by atoms with Crippen LogP contribution in [0.5, 0.6) is 5.75 Å². The quantitative estimate of drug-likeness (QED) is 0.770. The number of ether oxygens (including phenoxy) is 2. The fraction of sp³-hybridized carbons (Fsp3) is 0.500. The number of rotatable bonds is 7. The van der Waals surface area contributed by atoms with Crippen LogP contribution in [0, 0.1) is 0 Å². The fourth-order valence-electron chi connectivity index (χ4n) is 2.45. The Morgan fingerprint density at radius 3 is 3.00 bits per heavy atom. The minimum atomic E-state index is 0.155. The molecule has 1 unspecified atom stereocenters. The third kappa shape index (κ3) is 4.51. The molecule has 2 aromatic rings. The largest absolute Gasteiger partial charge is 0.491 e. The van der Waals surface area contributed by atoms with E-state index in [1.54, 1.807) is 0 Å². The average Bonchev–Trinajstić information content (AvgIpc) is 3.04. The lowest BCUT2D eigenvalue weighted by molar-refractivity contribution is 0.0720. The molecule has 1 aromatic carbocycles. The van der Waals surface area contributed by atoms with Gasteiger partial charge < -0.3 is 19.3 Å². The van der Waals surface area contributed by atoms with E-state index in [1.165, 1.54) is 0 Å². The molecule has 1 aromatic heterocycles. The van der Waals surface area contributed by atoms with Gasteiger partial charge >= 0.3 is 0 Å². The summed E-state index contributed by atoms with van der Waals surface area (Å²) >= 11 is 0. The number of aromatic nitrogens is 2. The number of nitrogens with zero attached hydrogens (tertiary/aromatic N) is 3. The van der Waals surface area contributed by atoms with Crippen molar-refractivity contribution in [1.29, 1.82) is 0 Å². The SMILES string of the molecule is CN1CCNCC1c1noc(COCCOc2ccccc2)n1.